The van der Waals surface area contributed by atoms with Gasteiger partial charge in [0.05, 0.1) is 6.20 Å². The van der Waals surface area contributed by atoms with Gasteiger partial charge in [-0.15, -0.1) is 0 Å². The van der Waals surface area contributed by atoms with Gasteiger partial charge in [-0.3, -0.25) is 4.68 Å². The maximum Gasteiger partial charge on any atom is 0.166 e. The molecule has 2 aromatic rings. The Bertz CT molecular complexity index is 512. The molecule has 2 aromatic heterocycles. The van der Waals surface area contributed by atoms with Crippen LogP contribution < -0.4 is 5.32 Å². The topological polar surface area (TPSA) is 42.7 Å². The summed E-state index contributed by atoms with van der Waals surface area (Å²) in [6.45, 7) is 0.622. The van der Waals surface area contributed by atoms with Crippen molar-refractivity contribution in [3.63, 3.8) is 0 Å². The van der Waals surface area contributed by atoms with Gasteiger partial charge in [-0.05, 0) is 34.0 Å². The van der Waals surface area contributed by atoms with Crippen LogP contribution in [0.1, 0.15) is 5.56 Å². The Labute approximate surface area is 107 Å². The number of pyridine rings is 1. The number of halogens is 2. The highest BCUT2D eigenvalue weighted by Gasteiger charge is 2.03. The van der Waals surface area contributed by atoms with E-state index in [1.807, 2.05) is 13.2 Å². The minimum absolute atomic E-state index is 0.275. The van der Waals surface area contributed by atoms with Crippen LogP contribution in [0.2, 0.25) is 0 Å². The third-order valence-electron chi connectivity index (χ3n) is 2.27. The van der Waals surface area contributed by atoms with E-state index in [1.54, 1.807) is 17.1 Å². The van der Waals surface area contributed by atoms with Crippen LogP contribution in [0.5, 0.6) is 0 Å². The Morgan fingerprint density at radius 3 is 2.94 bits per heavy atom. The standard InChI is InChI=1S/C11H12BrFN4/c1-17-7-8(5-16-17)2-3-14-11-10(13)4-9(12)6-15-11/h4-7H,2-3H2,1H3,(H,14,15). The third-order valence-corrected chi connectivity index (χ3v) is 2.71. The smallest absolute Gasteiger partial charge is 0.166 e. The molecular weight excluding hydrogens is 287 g/mol. The lowest BCUT2D eigenvalue weighted by Crippen LogP contribution is -2.07. The fourth-order valence-electron chi connectivity index (χ4n) is 1.47. The molecule has 4 nitrogen and oxygen atoms in total. The minimum atomic E-state index is -0.356. The zero-order valence-electron chi connectivity index (χ0n) is 9.32. The molecule has 0 amide bonds. The van der Waals surface area contributed by atoms with Gasteiger partial charge in [0.15, 0.2) is 11.6 Å². The number of nitrogens with one attached hydrogen (secondary N) is 1. The number of hydrogen-bond donors (Lipinski definition) is 1. The van der Waals surface area contributed by atoms with Crippen LogP contribution in [0.4, 0.5) is 10.2 Å². The summed E-state index contributed by atoms with van der Waals surface area (Å²) in [6, 6.07) is 1.39. The Morgan fingerprint density at radius 2 is 2.29 bits per heavy atom. The summed E-state index contributed by atoms with van der Waals surface area (Å²) in [5, 5.41) is 7.02. The third kappa shape index (κ3) is 3.26. The van der Waals surface area contributed by atoms with E-state index in [1.165, 1.54) is 6.07 Å². The summed E-state index contributed by atoms with van der Waals surface area (Å²) in [4.78, 5) is 3.96. The number of rotatable bonds is 4. The predicted molar refractivity (Wildman–Crippen MR) is 67.3 cm³/mol. The first-order valence-corrected chi connectivity index (χ1v) is 5.97. The van der Waals surface area contributed by atoms with Crippen molar-refractivity contribution in [2.75, 3.05) is 11.9 Å². The molecule has 0 atom stereocenters. The second-order valence-electron chi connectivity index (χ2n) is 3.68. The normalized spacial score (nSPS) is 10.5. The van der Waals surface area contributed by atoms with Crippen molar-refractivity contribution in [3.05, 3.63) is 40.5 Å². The molecule has 0 radical (unpaired) electrons. The van der Waals surface area contributed by atoms with Gasteiger partial charge in [0.2, 0.25) is 0 Å². The lowest BCUT2D eigenvalue weighted by atomic mass is 10.2. The molecule has 17 heavy (non-hydrogen) atoms. The molecule has 0 aliphatic carbocycles. The molecule has 0 fully saturated rings. The Balaban J connectivity index is 1.90. The van der Waals surface area contributed by atoms with Crippen LogP contribution >= 0.6 is 15.9 Å². The molecule has 2 heterocycles. The van der Waals surface area contributed by atoms with Crippen molar-refractivity contribution in [2.24, 2.45) is 7.05 Å². The zero-order chi connectivity index (χ0) is 12.3. The van der Waals surface area contributed by atoms with E-state index >= 15 is 0 Å². The van der Waals surface area contributed by atoms with Crippen molar-refractivity contribution in [2.45, 2.75) is 6.42 Å². The summed E-state index contributed by atoms with van der Waals surface area (Å²) < 4.78 is 15.8. The van der Waals surface area contributed by atoms with Crippen molar-refractivity contribution in [1.29, 1.82) is 0 Å². The molecule has 0 aliphatic rings. The fourth-order valence-corrected chi connectivity index (χ4v) is 1.77. The average Bonchev–Trinajstić information content (AvgIpc) is 2.68. The number of anilines is 1. The van der Waals surface area contributed by atoms with Crippen molar-refractivity contribution in [1.82, 2.24) is 14.8 Å². The molecule has 90 valence electrons. The monoisotopic (exact) mass is 298 g/mol. The average molecular weight is 299 g/mol. The van der Waals surface area contributed by atoms with Gasteiger partial charge < -0.3 is 5.32 Å². The summed E-state index contributed by atoms with van der Waals surface area (Å²) in [6.07, 6.45) is 6.08. The Kier molecular flexibility index (Phi) is 3.73. The van der Waals surface area contributed by atoms with E-state index in [2.05, 4.69) is 31.3 Å². The largest absolute Gasteiger partial charge is 0.367 e. The highest BCUT2D eigenvalue weighted by Crippen LogP contribution is 2.15. The van der Waals surface area contributed by atoms with Gasteiger partial charge >= 0.3 is 0 Å². The van der Waals surface area contributed by atoms with E-state index < -0.39 is 0 Å². The summed E-state index contributed by atoms with van der Waals surface area (Å²) >= 11 is 3.16. The Hall–Kier alpha value is -1.43. The second kappa shape index (κ2) is 5.27. The van der Waals surface area contributed by atoms with E-state index in [0.29, 0.717) is 11.0 Å². The Morgan fingerprint density at radius 1 is 1.47 bits per heavy atom. The van der Waals surface area contributed by atoms with Crippen LogP contribution in [0, 0.1) is 5.82 Å². The van der Waals surface area contributed by atoms with Crippen molar-refractivity contribution >= 4 is 21.7 Å². The van der Waals surface area contributed by atoms with Crippen LogP contribution in [0.25, 0.3) is 0 Å². The summed E-state index contributed by atoms with van der Waals surface area (Å²) in [5.41, 5.74) is 1.11. The van der Waals surface area contributed by atoms with Gasteiger partial charge in [0, 0.05) is 30.5 Å². The van der Waals surface area contributed by atoms with Crippen molar-refractivity contribution in [3.8, 4) is 0 Å². The second-order valence-corrected chi connectivity index (χ2v) is 4.60. The van der Waals surface area contributed by atoms with E-state index in [4.69, 9.17) is 0 Å². The lowest BCUT2D eigenvalue weighted by Gasteiger charge is -2.05. The van der Waals surface area contributed by atoms with Gasteiger partial charge in [-0.25, -0.2) is 9.37 Å². The number of nitrogens with zero attached hydrogens (tertiary/aromatic N) is 3. The maximum absolute atomic E-state index is 13.4. The first kappa shape index (κ1) is 12.0. The van der Waals surface area contributed by atoms with Crippen LogP contribution in [0.3, 0.4) is 0 Å². The molecule has 6 heteroatoms. The van der Waals surface area contributed by atoms with Crippen LogP contribution in [0.15, 0.2) is 29.1 Å². The molecule has 0 aliphatic heterocycles. The summed E-state index contributed by atoms with van der Waals surface area (Å²) in [5.74, 6) is -0.0809. The first-order chi connectivity index (χ1) is 8.15. The van der Waals surface area contributed by atoms with E-state index in [9.17, 15) is 4.39 Å². The summed E-state index contributed by atoms with van der Waals surface area (Å²) in [7, 11) is 1.87. The first-order valence-electron chi connectivity index (χ1n) is 5.17. The lowest BCUT2D eigenvalue weighted by molar-refractivity contribution is 0.623. The molecular formula is C11H12BrFN4. The fraction of sp³-hybridized carbons (Fsp3) is 0.273. The highest BCUT2D eigenvalue weighted by molar-refractivity contribution is 9.10. The predicted octanol–water partition coefficient (Wildman–Crippen LogP) is 2.37. The molecule has 0 spiro atoms. The molecule has 0 aromatic carbocycles. The molecule has 0 unspecified atom stereocenters. The number of hydrogen-bond acceptors (Lipinski definition) is 3. The molecule has 1 N–H and O–H groups in total. The minimum Gasteiger partial charge on any atom is -0.367 e. The maximum atomic E-state index is 13.4. The van der Waals surface area contributed by atoms with Gasteiger partial charge in [0.25, 0.3) is 0 Å². The molecule has 0 saturated heterocycles. The van der Waals surface area contributed by atoms with Gasteiger partial charge in [-0.1, -0.05) is 0 Å². The number of aryl methyl sites for hydroxylation is 1. The van der Waals surface area contributed by atoms with Gasteiger partial charge in [0.1, 0.15) is 0 Å². The SMILES string of the molecule is Cn1cc(CCNc2ncc(Br)cc2F)cn1. The van der Waals surface area contributed by atoms with Crippen molar-refractivity contribution < 1.29 is 4.39 Å². The molecule has 2 rings (SSSR count). The van der Waals surface area contributed by atoms with Crippen LogP contribution in [-0.4, -0.2) is 21.3 Å². The number of aromatic nitrogens is 3. The zero-order valence-corrected chi connectivity index (χ0v) is 10.9. The van der Waals surface area contributed by atoms with E-state index in [-0.39, 0.29) is 11.6 Å². The molecule has 0 bridgehead atoms. The highest BCUT2D eigenvalue weighted by atomic mass is 79.9. The molecule has 0 saturated carbocycles. The van der Waals surface area contributed by atoms with E-state index in [0.717, 1.165) is 12.0 Å². The van der Waals surface area contributed by atoms with Crippen LogP contribution in [-0.2, 0) is 13.5 Å². The van der Waals surface area contributed by atoms with Gasteiger partial charge in [-0.2, -0.15) is 5.10 Å². The quantitative estimate of drug-likeness (QED) is 0.942.